The lowest BCUT2D eigenvalue weighted by Gasteiger charge is -2.34. The van der Waals surface area contributed by atoms with E-state index in [1.54, 1.807) is 0 Å². The van der Waals surface area contributed by atoms with Crippen LogP contribution in [-0.4, -0.2) is 55.5 Å². The Balaban J connectivity index is 1.46. The van der Waals surface area contributed by atoms with E-state index in [-0.39, 0.29) is 18.2 Å². The lowest BCUT2D eigenvalue weighted by Crippen LogP contribution is -2.41. The largest absolute Gasteiger partial charge is 0.341 e. The first kappa shape index (κ1) is 14.0. The van der Waals surface area contributed by atoms with Crippen molar-refractivity contribution in [1.29, 1.82) is 0 Å². The molecule has 4 aliphatic rings. The number of likely N-dealkylation sites (tertiary alicyclic amines) is 1. The Hall–Kier alpha value is -0.620. The van der Waals surface area contributed by atoms with Gasteiger partial charge in [0.05, 0.1) is 12.3 Å². The quantitative estimate of drug-likeness (QED) is 0.762. The summed E-state index contributed by atoms with van der Waals surface area (Å²) in [5.41, 5.74) is 0.294. The van der Waals surface area contributed by atoms with Gasteiger partial charge in [-0.3, -0.25) is 4.79 Å². The molecular weight excluding hydrogens is 288 g/mol. The normalized spacial score (nSPS) is 44.4. The number of hydrogen-bond donors (Lipinski definition) is 0. The van der Waals surface area contributed by atoms with Crippen molar-refractivity contribution < 1.29 is 13.2 Å². The first-order valence-electron chi connectivity index (χ1n) is 8.16. The smallest absolute Gasteiger partial charge is 0.237 e. The standard InChI is InChI=1S/C15H24N2O3S/c1-15-10-16(8-13(15)11-3-4-12(15)7-11)14(18)9-17-5-2-6-21(17,19)20/h11-13H,2-10H2,1H3/t11-,12+,13?,15?/m1/s1. The van der Waals surface area contributed by atoms with Gasteiger partial charge in [0.15, 0.2) is 0 Å². The summed E-state index contributed by atoms with van der Waals surface area (Å²) in [4.78, 5) is 14.5. The topological polar surface area (TPSA) is 57.7 Å². The highest BCUT2D eigenvalue weighted by atomic mass is 32.2. The predicted molar refractivity (Wildman–Crippen MR) is 79.0 cm³/mol. The molecule has 0 radical (unpaired) electrons. The molecular formula is C15H24N2O3S. The van der Waals surface area contributed by atoms with E-state index in [4.69, 9.17) is 0 Å². The molecule has 0 spiro atoms. The van der Waals surface area contributed by atoms with Crippen LogP contribution >= 0.6 is 0 Å². The average Bonchev–Trinajstić information content (AvgIpc) is 3.11. The van der Waals surface area contributed by atoms with Gasteiger partial charge in [-0.25, -0.2) is 8.42 Å². The molecule has 118 valence electrons. The Morgan fingerprint density at radius 1 is 1.33 bits per heavy atom. The van der Waals surface area contributed by atoms with Crippen molar-refractivity contribution in [3.63, 3.8) is 0 Å². The minimum atomic E-state index is -3.17. The minimum Gasteiger partial charge on any atom is -0.341 e. The van der Waals surface area contributed by atoms with Crippen LogP contribution in [-0.2, 0) is 14.8 Å². The highest BCUT2D eigenvalue weighted by molar-refractivity contribution is 7.89. The third-order valence-corrected chi connectivity index (χ3v) is 8.54. The summed E-state index contributed by atoms with van der Waals surface area (Å²) in [5.74, 6) is 2.44. The van der Waals surface area contributed by atoms with E-state index in [2.05, 4.69) is 6.92 Å². The van der Waals surface area contributed by atoms with Crippen molar-refractivity contribution in [1.82, 2.24) is 9.21 Å². The van der Waals surface area contributed by atoms with E-state index in [9.17, 15) is 13.2 Å². The zero-order valence-corrected chi connectivity index (χ0v) is 13.4. The lowest BCUT2D eigenvalue weighted by molar-refractivity contribution is -0.130. The van der Waals surface area contributed by atoms with Crippen molar-refractivity contribution in [2.45, 2.75) is 32.6 Å². The van der Waals surface area contributed by atoms with Crippen LogP contribution in [0.4, 0.5) is 0 Å². The van der Waals surface area contributed by atoms with Crippen LogP contribution in [0.25, 0.3) is 0 Å². The zero-order valence-electron chi connectivity index (χ0n) is 12.6. The van der Waals surface area contributed by atoms with Crippen molar-refractivity contribution >= 4 is 15.9 Å². The van der Waals surface area contributed by atoms with Crippen LogP contribution in [0.3, 0.4) is 0 Å². The molecule has 2 aliphatic carbocycles. The second-order valence-corrected chi connectivity index (χ2v) is 9.75. The second-order valence-electron chi connectivity index (χ2n) is 7.66. The van der Waals surface area contributed by atoms with Gasteiger partial charge in [0.1, 0.15) is 0 Å². The van der Waals surface area contributed by atoms with Crippen LogP contribution in [0.5, 0.6) is 0 Å². The summed E-state index contributed by atoms with van der Waals surface area (Å²) in [6.07, 6.45) is 4.65. The fourth-order valence-corrected chi connectivity index (χ4v) is 6.92. The van der Waals surface area contributed by atoms with Gasteiger partial charge in [0.25, 0.3) is 0 Å². The summed E-state index contributed by atoms with van der Waals surface area (Å²) in [7, 11) is -3.17. The van der Waals surface area contributed by atoms with Crippen molar-refractivity contribution in [3.8, 4) is 0 Å². The highest BCUT2D eigenvalue weighted by Crippen LogP contribution is 2.62. The molecule has 4 atom stereocenters. The maximum absolute atomic E-state index is 12.5. The summed E-state index contributed by atoms with van der Waals surface area (Å²) in [6, 6.07) is 0. The van der Waals surface area contributed by atoms with Gasteiger partial charge in [-0.1, -0.05) is 6.92 Å². The highest BCUT2D eigenvalue weighted by Gasteiger charge is 2.59. The molecule has 6 heteroatoms. The first-order chi connectivity index (χ1) is 9.90. The van der Waals surface area contributed by atoms with Crippen molar-refractivity contribution in [2.75, 3.05) is 31.9 Å². The fourth-order valence-electron chi connectivity index (χ4n) is 5.45. The Labute approximate surface area is 126 Å². The molecule has 2 saturated carbocycles. The molecule has 0 aromatic heterocycles. The molecule has 1 amide bonds. The first-order valence-corrected chi connectivity index (χ1v) is 9.77. The van der Waals surface area contributed by atoms with E-state index in [1.807, 2.05) is 4.90 Å². The minimum absolute atomic E-state index is 0.00972. The van der Waals surface area contributed by atoms with Gasteiger partial charge >= 0.3 is 0 Å². The number of sulfonamides is 1. The van der Waals surface area contributed by atoms with Crippen molar-refractivity contribution in [3.05, 3.63) is 0 Å². The van der Waals surface area contributed by atoms with Gasteiger partial charge in [-0.15, -0.1) is 0 Å². The predicted octanol–water partition coefficient (Wildman–Crippen LogP) is 0.916. The second kappa shape index (κ2) is 4.44. The number of hydrogen-bond acceptors (Lipinski definition) is 3. The Morgan fingerprint density at radius 3 is 2.81 bits per heavy atom. The van der Waals surface area contributed by atoms with E-state index < -0.39 is 10.0 Å². The summed E-state index contributed by atoms with van der Waals surface area (Å²) >= 11 is 0. The van der Waals surface area contributed by atoms with Crippen LogP contribution < -0.4 is 0 Å². The molecule has 0 aromatic carbocycles. The van der Waals surface area contributed by atoms with Gasteiger partial charge in [0.2, 0.25) is 15.9 Å². The van der Waals surface area contributed by atoms with Gasteiger partial charge in [0, 0.05) is 19.6 Å². The average molecular weight is 312 g/mol. The molecule has 2 aliphatic heterocycles. The van der Waals surface area contributed by atoms with E-state index in [1.165, 1.54) is 23.6 Å². The third kappa shape index (κ3) is 1.98. The van der Waals surface area contributed by atoms with Gasteiger partial charge in [-0.05, 0) is 48.9 Å². The Kier molecular flexibility index (Phi) is 2.96. The molecule has 0 N–H and O–H groups in total. The van der Waals surface area contributed by atoms with Crippen LogP contribution in [0.1, 0.15) is 32.6 Å². The van der Waals surface area contributed by atoms with Crippen LogP contribution in [0.2, 0.25) is 0 Å². The molecule has 2 heterocycles. The number of rotatable bonds is 2. The Bertz CT molecular complexity index is 575. The number of carbonyl (C=O) groups excluding carboxylic acids is 1. The SMILES string of the molecule is CC12CN(C(=O)CN3CCCS3(=O)=O)CC1[C@@H]1CC[C@H]2C1. The number of carbonyl (C=O) groups is 1. The monoisotopic (exact) mass is 312 g/mol. The van der Waals surface area contributed by atoms with E-state index in [0.717, 1.165) is 24.9 Å². The molecule has 21 heavy (non-hydrogen) atoms. The van der Waals surface area contributed by atoms with Gasteiger partial charge < -0.3 is 4.90 Å². The summed E-state index contributed by atoms with van der Waals surface area (Å²) < 4.78 is 25.1. The number of nitrogens with zero attached hydrogens (tertiary/aromatic N) is 2. The van der Waals surface area contributed by atoms with Crippen LogP contribution in [0.15, 0.2) is 0 Å². The van der Waals surface area contributed by atoms with E-state index >= 15 is 0 Å². The molecule has 0 aromatic rings. The van der Waals surface area contributed by atoms with Crippen molar-refractivity contribution in [2.24, 2.45) is 23.2 Å². The van der Waals surface area contributed by atoms with Gasteiger partial charge in [-0.2, -0.15) is 4.31 Å². The zero-order chi connectivity index (χ0) is 14.8. The Morgan fingerprint density at radius 2 is 2.14 bits per heavy atom. The maximum atomic E-state index is 12.5. The molecule has 5 nitrogen and oxygen atoms in total. The number of fused-ring (bicyclic) bond motifs is 5. The summed E-state index contributed by atoms with van der Waals surface area (Å²) in [5, 5.41) is 0. The summed E-state index contributed by atoms with van der Waals surface area (Å²) in [6.45, 7) is 4.60. The molecule has 2 unspecified atom stereocenters. The molecule has 2 bridgehead atoms. The third-order valence-electron chi connectivity index (χ3n) is 6.64. The molecule has 4 fully saturated rings. The molecule has 4 rings (SSSR count). The number of amides is 1. The van der Waals surface area contributed by atoms with Crippen LogP contribution in [0, 0.1) is 23.2 Å². The van der Waals surface area contributed by atoms with E-state index in [0.29, 0.717) is 24.3 Å². The fraction of sp³-hybridized carbons (Fsp3) is 0.933. The lowest BCUT2D eigenvalue weighted by atomic mass is 9.70. The maximum Gasteiger partial charge on any atom is 0.237 e. The molecule has 2 saturated heterocycles.